The maximum Gasteiger partial charge on any atom is 0.209 e. The highest BCUT2D eigenvalue weighted by molar-refractivity contribution is 5.49. The van der Waals surface area contributed by atoms with Crippen molar-refractivity contribution in [3.05, 3.63) is 0 Å². The maximum absolute atomic E-state index is 12.6. The fourth-order valence-corrected chi connectivity index (χ4v) is 15.2. The van der Waals surface area contributed by atoms with E-state index in [0.29, 0.717) is 26.4 Å². The van der Waals surface area contributed by atoms with Gasteiger partial charge in [-0.2, -0.15) is 20.3 Å². The first-order valence-corrected chi connectivity index (χ1v) is 31.0. The summed E-state index contributed by atoms with van der Waals surface area (Å²) >= 11 is 0. The summed E-state index contributed by atoms with van der Waals surface area (Å²) in [7, 11) is 0. The lowest BCUT2D eigenvalue weighted by Crippen LogP contribution is -2.64. The molecule has 0 bridgehead atoms. The number of hydroxylamine groups is 8. The first-order chi connectivity index (χ1) is 36.4. The molecule has 4 rings (SSSR count). The van der Waals surface area contributed by atoms with Crippen LogP contribution in [0.4, 0.5) is 0 Å². The minimum atomic E-state index is -0.269. The predicted octanol–water partition coefficient (Wildman–Crippen LogP) is 11.4. The van der Waals surface area contributed by atoms with Crippen LogP contribution in [0.25, 0.3) is 0 Å². The second kappa shape index (κ2) is 29.2. The maximum atomic E-state index is 12.6. The summed E-state index contributed by atoms with van der Waals surface area (Å²) < 4.78 is 0. The summed E-state index contributed by atoms with van der Waals surface area (Å²) in [6.07, 6.45) is 22.6. The molecule has 4 aliphatic rings. The Morgan fingerprint density at radius 2 is 0.487 bits per heavy atom. The minimum absolute atomic E-state index is 0.128. The van der Waals surface area contributed by atoms with Crippen LogP contribution in [-0.2, 0) is 38.5 Å². The molecule has 16 nitrogen and oxygen atoms in total. The van der Waals surface area contributed by atoms with Crippen LogP contribution in [0.2, 0.25) is 0 Å². The number of nitrogens with zero attached hydrogens (tertiary/aromatic N) is 8. The number of carbonyl (C=O) groups excluding carboxylic acids is 4. The van der Waals surface area contributed by atoms with Gasteiger partial charge in [-0.3, -0.25) is 38.5 Å². The lowest BCUT2D eigenvalue weighted by atomic mass is 9.78. The van der Waals surface area contributed by atoms with Gasteiger partial charge in [0.1, 0.15) is 0 Å². The molecule has 0 aromatic heterocycles. The van der Waals surface area contributed by atoms with E-state index < -0.39 is 0 Å². The third-order valence-electron chi connectivity index (χ3n) is 17.7. The van der Waals surface area contributed by atoms with Gasteiger partial charge in [0.15, 0.2) is 0 Å². The van der Waals surface area contributed by atoms with Crippen molar-refractivity contribution in [2.75, 3.05) is 52.6 Å². The van der Waals surface area contributed by atoms with Crippen molar-refractivity contribution >= 4 is 25.6 Å². The molecule has 454 valence electrons. The molecular formula is C62H118N8O8. The molecule has 4 fully saturated rings. The second-order valence-corrected chi connectivity index (χ2v) is 29.2. The van der Waals surface area contributed by atoms with Crippen LogP contribution >= 0.6 is 0 Å². The van der Waals surface area contributed by atoms with E-state index in [1.165, 1.54) is 0 Å². The number of hydrogen-bond donors (Lipinski definition) is 0. The molecule has 4 amide bonds. The minimum Gasteiger partial charge on any atom is -0.342 e. The first-order valence-electron chi connectivity index (χ1n) is 31.0. The van der Waals surface area contributed by atoms with Crippen molar-refractivity contribution in [1.29, 1.82) is 0 Å². The topological polar surface area (TPSA) is 131 Å². The Labute approximate surface area is 476 Å². The Kier molecular flexibility index (Phi) is 25.5. The number of piperidine rings is 4. The fourth-order valence-electron chi connectivity index (χ4n) is 15.2. The predicted molar refractivity (Wildman–Crippen MR) is 314 cm³/mol. The monoisotopic (exact) mass is 1100 g/mol. The summed E-state index contributed by atoms with van der Waals surface area (Å²) in [4.78, 5) is 83.7. The Balaban J connectivity index is 1.14. The number of amides is 4. The third-order valence-corrected chi connectivity index (χ3v) is 17.7. The Hall–Kier alpha value is -2.44. The van der Waals surface area contributed by atoms with Crippen LogP contribution in [0.15, 0.2) is 0 Å². The highest BCUT2D eigenvalue weighted by Gasteiger charge is 2.51. The Morgan fingerprint density at radius 3 is 0.654 bits per heavy atom. The van der Waals surface area contributed by atoms with Gasteiger partial charge in [0.05, 0.1) is 26.4 Å². The van der Waals surface area contributed by atoms with Crippen LogP contribution in [0.1, 0.15) is 253 Å². The summed E-state index contributed by atoms with van der Waals surface area (Å²) in [5, 5.41) is 8.73. The molecule has 0 atom stereocenters. The average molecular weight is 1100 g/mol. The standard InChI is InChI=1S/C62H118N8O8/c1-19-35-75-67-55(3,4)39-51(40-56(67,5)6)63(47-71)31-25-21-23-27-33-65(49-73)53-43-59(11,12)69(60(13,14)44-53)77-37-29-30-38-78-70-61(15,16)45-54(46-62(70,17)18)66(50-74)34-28-24-22-26-32-64(48-72)52-41-57(7,8)68(76-36-20-2)58(9,10)42-52/h47-54H,19-46H2,1-18H3. The van der Waals surface area contributed by atoms with E-state index in [2.05, 4.69) is 145 Å². The van der Waals surface area contributed by atoms with Crippen LogP contribution in [0.3, 0.4) is 0 Å². The van der Waals surface area contributed by atoms with Gasteiger partial charge in [-0.15, -0.1) is 0 Å². The van der Waals surface area contributed by atoms with Gasteiger partial charge in [0, 0.05) is 94.7 Å². The normalized spacial score (nSPS) is 23.7. The van der Waals surface area contributed by atoms with Gasteiger partial charge >= 0.3 is 0 Å². The number of rotatable bonds is 35. The van der Waals surface area contributed by atoms with Crippen molar-refractivity contribution in [1.82, 2.24) is 39.9 Å². The summed E-state index contributed by atoms with van der Waals surface area (Å²) in [6.45, 7) is 45.5. The summed E-state index contributed by atoms with van der Waals surface area (Å²) in [6, 6.07) is 0.616. The Bertz CT molecular complexity index is 1630. The van der Waals surface area contributed by atoms with Crippen LogP contribution in [0, 0.1) is 0 Å². The molecule has 0 aromatic rings. The number of carbonyl (C=O) groups is 4. The molecule has 78 heavy (non-hydrogen) atoms. The van der Waals surface area contributed by atoms with E-state index >= 15 is 0 Å². The van der Waals surface area contributed by atoms with Gasteiger partial charge in [0.2, 0.25) is 25.6 Å². The number of hydrogen-bond acceptors (Lipinski definition) is 12. The molecule has 4 saturated heterocycles. The fraction of sp³-hybridized carbons (Fsp3) is 0.935. The van der Waals surface area contributed by atoms with Gasteiger partial charge < -0.3 is 19.6 Å². The lowest BCUT2D eigenvalue weighted by Gasteiger charge is -2.55. The molecule has 4 heterocycles. The van der Waals surface area contributed by atoms with E-state index in [9.17, 15) is 19.2 Å². The molecule has 0 unspecified atom stereocenters. The molecule has 0 saturated carbocycles. The van der Waals surface area contributed by atoms with Gasteiger partial charge in [0.25, 0.3) is 0 Å². The lowest BCUT2D eigenvalue weighted by molar-refractivity contribution is -0.294. The Morgan fingerprint density at radius 1 is 0.308 bits per heavy atom. The molecule has 0 aromatic carbocycles. The van der Waals surface area contributed by atoms with Crippen molar-refractivity contribution in [3.8, 4) is 0 Å². The molecule has 16 heteroatoms. The smallest absolute Gasteiger partial charge is 0.209 e. The molecular weight excluding hydrogens is 985 g/mol. The van der Waals surface area contributed by atoms with Crippen LogP contribution in [0.5, 0.6) is 0 Å². The third kappa shape index (κ3) is 18.5. The quantitative estimate of drug-likeness (QED) is 0.0442. The van der Waals surface area contributed by atoms with E-state index in [4.69, 9.17) is 19.4 Å². The first kappa shape index (κ1) is 68.1. The zero-order chi connectivity index (χ0) is 58.4. The average Bonchev–Trinajstić information content (AvgIpc) is 3.32. The number of unbranched alkanes of at least 4 members (excludes halogenated alkanes) is 7. The zero-order valence-corrected chi connectivity index (χ0v) is 53.3. The second-order valence-electron chi connectivity index (χ2n) is 29.2. The highest BCUT2D eigenvalue weighted by atomic mass is 16.7. The molecule has 0 spiro atoms. The van der Waals surface area contributed by atoms with Crippen LogP contribution in [-0.4, -0.2) is 187 Å². The van der Waals surface area contributed by atoms with E-state index in [0.717, 1.165) is 180 Å². The van der Waals surface area contributed by atoms with Crippen molar-refractivity contribution in [2.45, 2.75) is 322 Å². The molecule has 0 radical (unpaired) electrons. The van der Waals surface area contributed by atoms with Gasteiger partial charge in [-0.1, -0.05) is 39.5 Å². The van der Waals surface area contributed by atoms with Crippen molar-refractivity contribution < 1.29 is 38.5 Å². The van der Waals surface area contributed by atoms with Gasteiger partial charge in [-0.05, 0) is 214 Å². The van der Waals surface area contributed by atoms with Gasteiger partial charge in [-0.25, -0.2) is 0 Å². The van der Waals surface area contributed by atoms with E-state index in [1.54, 1.807) is 0 Å². The summed E-state index contributed by atoms with van der Waals surface area (Å²) in [5.41, 5.74) is -1.76. The molecule has 0 N–H and O–H groups in total. The zero-order valence-electron chi connectivity index (χ0n) is 53.3. The SMILES string of the molecule is CCCON1C(C)(C)CC(N(C=O)CCCCCCN(C=O)C2CC(C)(C)N(OCCCCON3C(C)(C)CC(N(C=O)CCCCCCN(C=O)C4CC(C)(C)N(OCCC)C(C)(C)C4)CC3(C)C)C(C)(C)C2)CC1(C)C. The van der Waals surface area contributed by atoms with E-state index in [1.807, 2.05) is 19.6 Å². The summed E-state index contributed by atoms with van der Waals surface area (Å²) in [5.74, 6) is 0. The van der Waals surface area contributed by atoms with Crippen molar-refractivity contribution in [3.63, 3.8) is 0 Å². The van der Waals surface area contributed by atoms with Crippen LogP contribution < -0.4 is 0 Å². The van der Waals surface area contributed by atoms with E-state index in [-0.39, 0.29) is 68.5 Å². The van der Waals surface area contributed by atoms with Crippen molar-refractivity contribution in [2.24, 2.45) is 0 Å². The molecule has 0 aliphatic carbocycles. The largest absolute Gasteiger partial charge is 0.342 e. The highest BCUT2D eigenvalue weighted by Crippen LogP contribution is 2.44. The molecule has 4 aliphatic heterocycles.